The SMILES string of the molecule is c1ccc(-c2cc(-c3ccc(-n4c5ccccc5c5ccc(-c6ccc7c(c6)c6cccnc6n7-c6ccccc6)cc54)cc3)nc(-c3ccccc3)n2)cc1. The van der Waals surface area contributed by atoms with Crippen LogP contribution in [0.4, 0.5) is 0 Å². The molecule has 0 aliphatic carbocycles. The van der Waals surface area contributed by atoms with Gasteiger partial charge in [-0.1, -0.05) is 127 Å². The van der Waals surface area contributed by atoms with Crippen LogP contribution in [-0.2, 0) is 0 Å². The topological polar surface area (TPSA) is 48.5 Å². The Hall–Kier alpha value is -7.63. The quantitative estimate of drug-likeness (QED) is 0.172. The highest BCUT2D eigenvalue weighted by Gasteiger charge is 2.17. The number of hydrogen-bond acceptors (Lipinski definition) is 3. The van der Waals surface area contributed by atoms with Crippen molar-refractivity contribution in [3.05, 3.63) is 200 Å². The van der Waals surface area contributed by atoms with Gasteiger partial charge in [-0.2, -0.15) is 0 Å². The summed E-state index contributed by atoms with van der Waals surface area (Å²) in [6.45, 7) is 0. The summed E-state index contributed by atoms with van der Waals surface area (Å²) < 4.78 is 4.64. The van der Waals surface area contributed by atoms with E-state index in [1.54, 1.807) is 0 Å². The van der Waals surface area contributed by atoms with Crippen molar-refractivity contribution in [1.29, 1.82) is 0 Å². The summed E-state index contributed by atoms with van der Waals surface area (Å²) >= 11 is 0. The van der Waals surface area contributed by atoms with Gasteiger partial charge in [-0.25, -0.2) is 15.0 Å². The van der Waals surface area contributed by atoms with Crippen LogP contribution in [0.3, 0.4) is 0 Å². The highest BCUT2D eigenvalue weighted by Crippen LogP contribution is 2.38. The number of nitrogens with zero attached hydrogens (tertiary/aromatic N) is 5. The predicted molar refractivity (Wildman–Crippen MR) is 230 cm³/mol. The zero-order valence-corrected chi connectivity index (χ0v) is 30.3. The number of para-hydroxylation sites is 2. The van der Waals surface area contributed by atoms with E-state index in [0.717, 1.165) is 72.6 Å². The first-order valence-corrected chi connectivity index (χ1v) is 18.9. The molecule has 0 bridgehead atoms. The fourth-order valence-electron chi connectivity index (χ4n) is 8.14. The Kier molecular flexibility index (Phi) is 7.42. The van der Waals surface area contributed by atoms with Crippen molar-refractivity contribution in [3.8, 4) is 56.4 Å². The minimum atomic E-state index is 0.708. The van der Waals surface area contributed by atoms with Crippen molar-refractivity contribution >= 4 is 43.7 Å². The molecular weight excluding hydrogens is 683 g/mol. The van der Waals surface area contributed by atoms with Crippen molar-refractivity contribution in [2.45, 2.75) is 0 Å². The average Bonchev–Trinajstić information content (AvgIpc) is 3.79. The van der Waals surface area contributed by atoms with Gasteiger partial charge in [0, 0.05) is 55.8 Å². The average molecular weight is 716 g/mol. The van der Waals surface area contributed by atoms with Crippen LogP contribution in [0.1, 0.15) is 0 Å². The lowest BCUT2D eigenvalue weighted by molar-refractivity contribution is 1.14. The van der Waals surface area contributed by atoms with E-state index in [0.29, 0.717) is 5.82 Å². The van der Waals surface area contributed by atoms with E-state index in [1.807, 2.05) is 54.7 Å². The molecule has 7 aromatic carbocycles. The molecule has 4 aromatic heterocycles. The van der Waals surface area contributed by atoms with Crippen molar-refractivity contribution < 1.29 is 0 Å². The van der Waals surface area contributed by atoms with Gasteiger partial charge < -0.3 is 4.57 Å². The Morgan fingerprint density at radius 3 is 1.64 bits per heavy atom. The molecule has 0 saturated carbocycles. The molecule has 4 heterocycles. The van der Waals surface area contributed by atoms with Gasteiger partial charge in [0.05, 0.1) is 27.9 Å². The second kappa shape index (κ2) is 13.0. The normalized spacial score (nSPS) is 11.6. The summed E-state index contributed by atoms with van der Waals surface area (Å²) in [5.41, 5.74) is 13.8. The fourth-order valence-corrected chi connectivity index (χ4v) is 8.14. The van der Waals surface area contributed by atoms with Crippen LogP contribution in [0.2, 0.25) is 0 Å². The molecule has 0 saturated heterocycles. The Morgan fingerprint density at radius 1 is 0.321 bits per heavy atom. The summed E-state index contributed by atoms with van der Waals surface area (Å²) in [4.78, 5) is 14.9. The maximum atomic E-state index is 5.07. The first-order valence-electron chi connectivity index (χ1n) is 18.9. The second-order valence-corrected chi connectivity index (χ2v) is 14.1. The molecule has 0 fully saturated rings. The third kappa shape index (κ3) is 5.29. The summed E-state index contributed by atoms with van der Waals surface area (Å²) in [7, 11) is 0. The van der Waals surface area contributed by atoms with Crippen LogP contribution in [-0.4, -0.2) is 24.1 Å². The lowest BCUT2D eigenvalue weighted by Gasteiger charge is -2.12. The van der Waals surface area contributed by atoms with Crippen molar-refractivity contribution in [2.24, 2.45) is 0 Å². The Morgan fingerprint density at radius 2 is 0.875 bits per heavy atom. The Bertz CT molecular complexity index is 3160. The van der Waals surface area contributed by atoms with Gasteiger partial charge in [0.15, 0.2) is 5.82 Å². The molecule has 0 amide bonds. The Labute approximate surface area is 323 Å². The summed E-state index contributed by atoms with van der Waals surface area (Å²) in [6, 6.07) is 68.4. The number of fused-ring (bicyclic) bond motifs is 6. The molecule has 0 spiro atoms. The number of pyridine rings is 1. The molecule has 0 radical (unpaired) electrons. The van der Waals surface area contributed by atoms with Gasteiger partial charge in [-0.3, -0.25) is 4.57 Å². The molecule has 11 aromatic rings. The highest BCUT2D eigenvalue weighted by atomic mass is 15.0. The first-order chi connectivity index (χ1) is 27.8. The van der Waals surface area contributed by atoms with Gasteiger partial charge in [0.2, 0.25) is 0 Å². The van der Waals surface area contributed by atoms with Crippen LogP contribution < -0.4 is 0 Å². The van der Waals surface area contributed by atoms with E-state index in [9.17, 15) is 0 Å². The van der Waals surface area contributed by atoms with Crippen LogP contribution in [0.15, 0.2) is 200 Å². The minimum absolute atomic E-state index is 0.708. The van der Waals surface area contributed by atoms with E-state index >= 15 is 0 Å². The van der Waals surface area contributed by atoms with E-state index in [4.69, 9.17) is 15.0 Å². The Balaban J connectivity index is 1.03. The fraction of sp³-hybridized carbons (Fsp3) is 0. The molecule has 11 rings (SSSR count). The zero-order valence-electron chi connectivity index (χ0n) is 30.3. The lowest BCUT2D eigenvalue weighted by Crippen LogP contribution is -1.97. The second-order valence-electron chi connectivity index (χ2n) is 14.1. The number of rotatable bonds is 6. The molecule has 0 aliphatic rings. The van der Waals surface area contributed by atoms with E-state index in [-0.39, 0.29) is 0 Å². The molecule has 5 heteroatoms. The lowest BCUT2D eigenvalue weighted by atomic mass is 10.0. The predicted octanol–water partition coefficient (Wildman–Crippen LogP) is 12.7. The molecule has 0 aliphatic heterocycles. The molecule has 262 valence electrons. The highest BCUT2D eigenvalue weighted by molar-refractivity contribution is 6.12. The standard InChI is InChI=1S/C51H33N5/c1-4-13-34(14-5-1)45-33-46(54-50(53-45)36-15-6-2-7-16-36)35-22-26-40(27-23-35)55-47-21-11-10-19-41(47)42-28-24-38(32-49(42)55)37-25-29-48-44(31-37)43-20-12-30-52-51(43)56(48)39-17-8-3-9-18-39/h1-33H. The third-order valence-corrected chi connectivity index (χ3v) is 10.8. The van der Waals surface area contributed by atoms with Crippen LogP contribution in [0.5, 0.6) is 0 Å². The number of hydrogen-bond donors (Lipinski definition) is 0. The third-order valence-electron chi connectivity index (χ3n) is 10.8. The van der Waals surface area contributed by atoms with Gasteiger partial charge in [-0.15, -0.1) is 0 Å². The van der Waals surface area contributed by atoms with Crippen molar-refractivity contribution in [3.63, 3.8) is 0 Å². The van der Waals surface area contributed by atoms with Gasteiger partial charge in [0.1, 0.15) is 5.65 Å². The van der Waals surface area contributed by atoms with E-state index in [2.05, 4.69) is 155 Å². The maximum Gasteiger partial charge on any atom is 0.160 e. The maximum absolute atomic E-state index is 5.07. The summed E-state index contributed by atoms with van der Waals surface area (Å²) in [5, 5.41) is 4.76. The van der Waals surface area contributed by atoms with Gasteiger partial charge >= 0.3 is 0 Å². The van der Waals surface area contributed by atoms with Crippen LogP contribution in [0.25, 0.3) is 100 Å². The van der Waals surface area contributed by atoms with Crippen molar-refractivity contribution in [2.75, 3.05) is 0 Å². The molecule has 5 nitrogen and oxygen atoms in total. The van der Waals surface area contributed by atoms with E-state index in [1.165, 1.54) is 21.7 Å². The molecule has 0 N–H and O–H groups in total. The van der Waals surface area contributed by atoms with Gasteiger partial charge in [-0.05, 0) is 77.9 Å². The minimum Gasteiger partial charge on any atom is -0.309 e. The molecule has 0 atom stereocenters. The monoisotopic (exact) mass is 715 g/mol. The number of benzene rings is 7. The van der Waals surface area contributed by atoms with Crippen molar-refractivity contribution in [1.82, 2.24) is 24.1 Å². The molecule has 0 unspecified atom stereocenters. The first kappa shape index (κ1) is 31.9. The molecule has 56 heavy (non-hydrogen) atoms. The number of aromatic nitrogens is 5. The zero-order chi connectivity index (χ0) is 37.0. The van der Waals surface area contributed by atoms with E-state index < -0.39 is 0 Å². The smallest absolute Gasteiger partial charge is 0.160 e. The van der Waals surface area contributed by atoms with Crippen LogP contribution in [0, 0.1) is 0 Å². The van der Waals surface area contributed by atoms with Crippen LogP contribution >= 0.6 is 0 Å². The molecular formula is C51H33N5. The summed E-state index contributed by atoms with van der Waals surface area (Å²) in [5.74, 6) is 0.708. The largest absolute Gasteiger partial charge is 0.309 e. The van der Waals surface area contributed by atoms with Gasteiger partial charge in [0.25, 0.3) is 0 Å². The summed E-state index contributed by atoms with van der Waals surface area (Å²) in [6.07, 6.45) is 1.87.